The summed E-state index contributed by atoms with van der Waals surface area (Å²) >= 11 is 0. The van der Waals surface area contributed by atoms with E-state index in [0.29, 0.717) is 42.7 Å². The predicted molar refractivity (Wildman–Crippen MR) is 108 cm³/mol. The Hall–Kier alpha value is -3.13. The highest BCUT2D eigenvalue weighted by Gasteiger charge is 2.20. The van der Waals surface area contributed by atoms with Gasteiger partial charge in [0.05, 0.1) is 24.8 Å². The van der Waals surface area contributed by atoms with Crippen LogP contribution in [0.15, 0.2) is 48.5 Å². The third kappa shape index (κ3) is 5.43. The van der Waals surface area contributed by atoms with Gasteiger partial charge in [0.25, 0.3) is 0 Å². The highest BCUT2D eigenvalue weighted by molar-refractivity contribution is 5.96. The molecule has 0 aromatic heterocycles. The summed E-state index contributed by atoms with van der Waals surface area (Å²) in [6, 6.07) is 16.3. The van der Waals surface area contributed by atoms with E-state index in [2.05, 4.69) is 6.07 Å². The average molecular weight is 378 g/mol. The van der Waals surface area contributed by atoms with Gasteiger partial charge in [0, 0.05) is 24.9 Å². The molecule has 0 heterocycles. The second-order valence-electron chi connectivity index (χ2n) is 6.59. The third-order valence-corrected chi connectivity index (χ3v) is 4.86. The van der Waals surface area contributed by atoms with Crippen LogP contribution in [-0.4, -0.2) is 30.2 Å². The van der Waals surface area contributed by atoms with Crippen LogP contribution in [-0.2, 0) is 4.79 Å². The smallest absolute Gasteiger partial charge is 0.223 e. The van der Waals surface area contributed by atoms with Gasteiger partial charge in [-0.3, -0.25) is 9.59 Å². The van der Waals surface area contributed by atoms with Crippen LogP contribution in [0, 0.1) is 11.3 Å². The number of amides is 1. The van der Waals surface area contributed by atoms with Crippen molar-refractivity contribution in [2.75, 3.05) is 13.7 Å². The minimum atomic E-state index is -0.0810. The molecule has 0 saturated carbocycles. The van der Waals surface area contributed by atoms with Crippen LogP contribution in [0.5, 0.6) is 5.75 Å². The Morgan fingerprint density at radius 2 is 1.71 bits per heavy atom. The number of Topliss-reactive ketones (excluding diaryl/α,β-unsaturated/α-hetero) is 1. The second-order valence-corrected chi connectivity index (χ2v) is 6.59. The van der Waals surface area contributed by atoms with Crippen LogP contribution in [0.4, 0.5) is 0 Å². The fourth-order valence-corrected chi connectivity index (χ4v) is 3.15. The summed E-state index contributed by atoms with van der Waals surface area (Å²) in [7, 11) is 1.58. The quantitative estimate of drug-likeness (QED) is 0.601. The summed E-state index contributed by atoms with van der Waals surface area (Å²) in [5, 5.41) is 8.91. The Morgan fingerprint density at radius 1 is 1.07 bits per heavy atom. The third-order valence-electron chi connectivity index (χ3n) is 4.86. The van der Waals surface area contributed by atoms with Crippen LogP contribution < -0.4 is 4.74 Å². The van der Waals surface area contributed by atoms with Gasteiger partial charge in [0.2, 0.25) is 5.91 Å². The minimum Gasteiger partial charge on any atom is -0.497 e. The number of rotatable bonds is 9. The van der Waals surface area contributed by atoms with E-state index in [-0.39, 0.29) is 17.7 Å². The summed E-state index contributed by atoms with van der Waals surface area (Å²) in [5.41, 5.74) is 2.22. The molecule has 2 rings (SSSR count). The molecule has 2 aromatic carbocycles. The summed E-state index contributed by atoms with van der Waals surface area (Å²) in [5.74, 6) is 0.766. The first-order valence-corrected chi connectivity index (χ1v) is 9.47. The fraction of sp³-hybridized carbons (Fsp3) is 0.348. The molecule has 0 N–H and O–H groups in total. The first-order valence-electron chi connectivity index (χ1n) is 9.47. The topological polar surface area (TPSA) is 70.4 Å². The monoisotopic (exact) mass is 378 g/mol. The molecular weight excluding hydrogens is 352 g/mol. The van der Waals surface area contributed by atoms with Gasteiger partial charge in [-0.2, -0.15) is 5.26 Å². The molecule has 146 valence electrons. The normalized spacial score (nSPS) is 11.4. The molecule has 28 heavy (non-hydrogen) atoms. The number of methoxy groups -OCH3 is 1. The molecule has 0 aliphatic heterocycles. The molecule has 2 aromatic rings. The summed E-state index contributed by atoms with van der Waals surface area (Å²) in [4.78, 5) is 26.8. The molecule has 1 amide bonds. The lowest BCUT2D eigenvalue weighted by atomic mass is 10.0. The number of nitriles is 1. The van der Waals surface area contributed by atoms with Crippen molar-refractivity contribution in [2.45, 2.75) is 39.2 Å². The number of ether oxygens (including phenoxy) is 1. The molecule has 0 aliphatic carbocycles. The highest BCUT2D eigenvalue weighted by atomic mass is 16.5. The number of hydrogen-bond acceptors (Lipinski definition) is 4. The Balaban J connectivity index is 1.90. The number of ketones is 1. The lowest BCUT2D eigenvalue weighted by Crippen LogP contribution is -2.33. The number of carbonyl (C=O) groups is 2. The standard InChI is InChI=1S/C23H26N2O3/c1-4-25(17(2)19-10-8-18(16-24)9-11-19)23(27)7-5-6-22(26)20-12-14-21(28-3)15-13-20/h8-15,17H,4-7H2,1-3H3. The highest BCUT2D eigenvalue weighted by Crippen LogP contribution is 2.22. The van der Waals surface area contributed by atoms with Gasteiger partial charge in [0.1, 0.15) is 5.75 Å². The zero-order chi connectivity index (χ0) is 20.5. The number of benzene rings is 2. The number of hydrogen-bond donors (Lipinski definition) is 0. The van der Waals surface area contributed by atoms with E-state index >= 15 is 0 Å². The van der Waals surface area contributed by atoms with Crippen molar-refractivity contribution >= 4 is 11.7 Å². The minimum absolute atomic E-state index is 0.0265. The van der Waals surface area contributed by atoms with Crippen LogP contribution in [0.2, 0.25) is 0 Å². The first kappa shape index (κ1) is 21.2. The molecule has 1 unspecified atom stereocenters. The molecule has 0 radical (unpaired) electrons. The van der Waals surface area contributed by atoms with E-state index in [0.717, 1.165) is 5.56 Å². The summed E-state index contributed by atoms with van der Waals surface area (Å²) in [6.07, 6.45) is 1.18. The SMILES string of the molecule is CCN(C(=O)CCCC(=O)c1ccc(OC)cc1)C(C)c1ccc(C#N)cc1. The van der Waals surface area contributed by atoms with Crippen molar-refractivity contribution in [1.82, 2.24) is 4.90 Å². The van der Waals surface area contributed by atoms with Gasteiger partial charge in [-0.1, -0.05) is 12.1 Å². The molecule has 0 bridgehead atoms. The van der Waals surface area contributed by atoms with Gasteiger partial charge in [0.15, 0.2) is 5.78 Å². The van der Waals surface area contributed by atoms with Gasteiger partial charge < -0.3 is 9.64 Å². The Kier molecular flexibility index (Phi) is 7.76. The number of carbonyl (C=O) groups excluding carboxylic acids is 2. The molecule has 0 fully saturated rings. The Bertz CT molecular complexity index is 836. The van der Waals surface area contributed by atoms with Crippen molar-refractivity contribution < 1.29 is 14.3 Å². The summed E-state index contributed by atoms with van der Waals surface area (Å²) < 4.78 is 5.09. The van der Waals surface area contributed by atoms with Gasteiger partial charge in [-0.05, 0) is 62.2 Å². The first-order chi connectivity index (χ1) is 13.5. The predicted octanol–water partition coefficient (Wildman–Crippen LogP) is 4.53. The molecular formula is C23H26N2O3. The van der Waals surface area contributed by atoms with Crippen LogP contribution in [0.3, 0.4) is 0 Å². The van der Waals surface area contributed by atoms with Crippen molar-refractivity contribution in [3.05, 3.63) is 65.2 Å². The summed E-state index contributed by atoms with van der Waals surface area (Å²) in [6.45, 7) is 4.51. The molecule has 5 nitrogen and oxygen atoms in total. The maximum absolute atomic E-state index is 12.7. The molecule has 0 saturated heterocycles. The fourth-order valence-electron chi connectivity index (χ4n) is 3.15. The van der Waals surface area contributed by atoms with Crippen molar-refractivity contribution in [3.63, 3.8) is 0 Å². The van der Waals surface area contributed by atoms with E-state index in [4.69, 9.17) is 10.00 Å². The van der Waals surface area contributed by atoms with E-state index in [9.17, 15) is 9.59 Å². The van der Waals surface area contributed by atoms with Crippen molar-refractivity contribution in [3.8, 4) is 11.8 Å². The Labute approximate surface area is 166 Å². The molecule has 0 aliphatic rings. The van der Waals surface area contributed by atoms with Crippen molar-refractivity contribution in [1.29, 1.82) is 5.26 Å². The Morgan fingerprint density at radius 3 is 2.25 bits per heavy atom. The van der Waals surface area contributed by atoms with Crippen LogP contribution in [0.1, 0.15) is 60.6 Å². The molecule has 1 atom stereocenters. The van der Waals surface area contributed by atoms with Gasteiger partial charge >= 0.3 is 0 Å². The lowest BCUT2D eigenvalue weighted by molar-refractivity contribution is -0.133. The van der Waals surface area contributed by atoms with Gasteiger partial charge in [-0.15, -0.1) is 0 Å². The maximum atomic E-state index is 12.7. The number of nitrogens with zero attached hydrogens (tertiary/aromatic N) is 2. The maximum Gasteiger partial charge on any atom is 0.223 e. The second kappa shape index (κ2) is 10.3. The average Bonchev–Trinajstić information content (AvgIpc) is 2.74. The molecule has 5 heteroatoms. The van der Waals surface area contributed by atoms with E-state index < -0.39 is 0 Å². The van der Waals surface area contributed by atoms with Crippen molar-refractivity contribution in [2.24, 2.45) is 0 Å². The van der Waals surface area contributed by atoms with E-state index in [1.807, 2.05) is 26.0 Å². The van der Waals surface area contributed by atoms with Crippen LogP contribution >= 0.6 is 0 Å². The van der Waals surface area contributed by atoms with E-state index in [1.54, 1.807) is 48.4 Å². The van der Waals surface area contributed by atoms with Gasteiger partial charge in [-0.25, -0.2) is 0 Å². The van der Waals surface area contributed by atoms with Crippen LogP contribution in [0.25, 0.3) is 0 Å². The molecule has 0 spiro atoms. The lowest BCUT2D eigenvalue weighted by Gasteiger charge is -2.28. The zero-order valence-electron chi connectivity index (χ0n) is 16.6. The zero-order valence-corrected chi connectivity index (χ0v) is 16.6. The largest absolute Gasteiger partial charge is 0.497 e. The van der Waals surface area contributed by atoms with E-state index in [1.165, 1.54) is 0 Å².